The molecule has 0 aromatic heterocycles. The van der Waals surface area contributed by atoms with Gasteiger partial charge < -0.3 is 14.6 Å². The number of methoxy groups -OCH3 is 2. The Morgan fingerprint density at radius 2 is 2.00 bits per heavy atom. The number of para-hydroxylation sites is 1. The van der Waals surface area contributed by atoms with Crippen LogP contribution in [0.1, 0.15) is 17.5 Å². The monoisotopic (exact) mass is 438 g/mol. The molecule has 1 heterocycles. The summed E-state index contributed by atoms with van der Waals surface area (Å²) >= 11 is 1.33. The molecule has 0 saturated carbocycles. The minimum Gasteiger partial charge on any atom is -0.504 e. The fourth-order valence-corrected chi connectivity index (χ4v) is 4.18. The van der Waals surface area contributed by atoms with E-state index in [2.05, 4.69) is 11.6 Å². The molecule has 1 saturated heterocycles. The lowest BCUT2D eigenvalue weighted by Crippen LogP contribution is -2.30. The van der Waals surface area contributed by atoms with Crippen LogP contribution in [0.15, 0.2) is 65.0 Å². The number of benzene rings is 2. The molecule has 0 radical (unpaired) electrons. The molecule has 0 atom stereocenters. The largest absolute Gasteiger partial charge is 0.504 e. The smallest absolute Gasteiger partial charge is 0.266 e. The number of hydrogen-bond acceptors (Lipinski definition) is 6. The molecule has 2 aromatic carbocycles. The molecule has 1 fully saturated rings. The van der Waals surface area contributed by atoms with Gasteiger partial charge >= 0.3 is 0 Å². The van der Waals surface area contributed by atoms with Crippen molar-refractivity contribution in [2.24, 2.45) is 4.99 Å². The average Bonchev–Trinajstić information content (AvgIpc) is 3.05. The van der Waals surface area contributed by atoms with Crippen LogP contribution in [0, 0.1) is 0 Å². The molecule has 1 amide bonds. The van der Waals surface area contributed by atoms with Gasteiger partial charge in [-0.05, 0) is 60.5 Å². The van der Waals surface area contributed by atoms with Crippen molar-refractivity contribution in [3.05, 3.63) is 71.2 Å². The predicted molar refractivity (Wildman–Crippen MR) is 126 cm³/mol. The Morgan fingerprint density at radius 3 is 2.68 bits per heavy atom. The van der Waals surface area contributed by atoms with Gasteiger partial charge in [-0.25, -0.2) is 4.99 Å². The van der Waals surface area contributed by atoms with E-state index in [0.29, 0.717) is 47.4 Å². The molecule has 1 aliphatic rings. The molecule has 6 nitrogen and oxygen atoms in total. The van der Waals surface area contributed by atoms with E-state index in [0.717, 1.165) is 11.3 Å². The fourth-order valence-electron chi connectivity index (χ4n) is 3.16. The number of amidine groups is 1. The molecule has 162 valence electrons. The molecular formula is C24H26N2O4S. The Balaban J connectivity index is 1.96. The van der Waals surface area contributed by atoms with Crippen LogP contribution in [0.3, 0.4) is 0 Å². The van der Waals surface area contributed by atoms with Gasteiger partial charge in [-0.1, -0.05) is 24.3 Å². The summed E-state index contributed by atoms with van der Waals surface area (Å²) in [6.07, 6.45) is 4.71. The van der Waals surface area contributed by atoms with E-state index in [1.54, 1.807) is 30.2 Å². The Kier molecular flexibility index (Phi) is 7.92. The van der Waals surface area contributed by atoms with Crippen LogP contribution in [-0.4, -0.2) is 48.5 Å². The summed E-state index contributed by atoms with van der Waals surface area (Å²) < 4.78 is 10.4. The van der Waals surface area contributed by atoms with E-state index < -0.39 is 0 Å². The highest BCUT2D eigenvalue weighted by molar-refractivity contribution is 8.18. The lowest BCUT2D eigenvalue weighted by Gasteiger charge is -2.15. The maximum Gasteiger partial charge on any atom is 0.266 e. The van der Waals surface area contributed by atoms with E-state index in [9.17, 15) is 9.90 Å². The van der Waals surface area contributed by atoms with Crippen LogP contribution in [0.25, 0.3) is 6.08 Å². The highest BCUT2D eigenvalue weighted by Gasteiger charge is 2.33. The summed E-state index contributed by atoms with van der Waals surface area (Å²) in [4.78, 5) is 20.1. The van der Waals surface area contributed by atoms with Gasteiger partial charge in [0.05, 0.1) is 17.7 Å². The van der Waals surface area contributed by atoms with E-state index in [-0.39, 0.29) is 11.7 Å². The zero-order chi connectivity index (χ0) is 22.2. The zero-order valence-electron chi connectivity index (χ0n) is 17.7. The third-order valence-corrected chi connectivity index (χ3v) is 5.66. The molecule has 31 heavy (non-hydrogen) atoms. The molecule has 2 aromatic rings. The van der Waals surface area contributed by atoms with Gasteiger partial charge in [0.25, 0.3) is 5.91 Å². The highest BCUT2D eigenvalue weighted by Crippen LogP contribution is 2.37. The van der Waals surface area contributed by atoms with Crippen molar-refractivity contribution >= 4 is 34.6 Å². The topological polar surface area (TPSA) is 71.4 Å². The molecule has 3 rings (SSSR count). The summed E-state index contributed by atoms with van der Waals surface area (Å²) in [5, 5.41) is 11.0. The number of carbonyl (C=O) groups excluding carboxylic acids is 1. The van der Waals surface area contributed by atoms with Gasteiger partial charge in [0.1, 0.15) is 0 Å². The predicted octanol–water partition coefficient (Wildman–Crippen LogP) is 4.77. The van der Waals surface area contributed by atoms with Crippen LogP contribution < -0.4 is 4.74 Å². The van der Waals surface area contributed by atoms with Gasteiger partial charge in [0.2, 0.25) is 0 Å². The number of phenols is 1. The van der Waals surface area contributed by atoms with Crippen LogP contribution in [0.4, 0.5) is 5.69 Å². The number of aliphatic imine (C=N–C) groups is 1. The van der Waals surface area contributed by atoms with Crippen molar-refractivity contribution in [3.63, 3.8) is 0 Å². The second-order valence-electron chi connectivity index (χ2n) is 6.87. The molecule has 0 bridgehead atoms. The first-order valence-corrected chi connectivity index (χ1v) is 10.7. The number of ether oxygens (including phenoxy) is 2. The lowest BCUT2D eigenvalue weighted by atomic mass is 10.1. The SMILES string of the molecule is C=CCc1cc(/C=C2\SC(=Nc3ccccc3)N(CCCOC)C2=O)cc(OC)c1O. The van der Waals surface area contributed by atoms with Gasteiger partial charge in [-0.3, -0.25) is 9.69 Å². The molecular weight excluding hydrogens is 412 g/mol. The first kappa shape index (κ1) is 22.7. The number of nitrogens with zero attached hydrogens (tertiary/aromatic N) is 2. The number of amides is 1. The number of hydrogen-bond donors (Lipinski definition) is 1. The molecule has 1 aliphatic heterocycles. The molecule has 7 heteroatoms. The van der Waals surface area contributed by atoms with E-state index in [1.807, 2.05) is 36.4 Å². The number of phenolic OH excluding ortho intramolecular Hbond substituents is 1. The number of aromatic hydroxyl groups is 1. The van der Waals surface area contributed by atoms with E-state index in [4.69, 9.17) is 9.47 Å². The van der Waals surface area contributed by atoms with Crippen molar-refractivity contribution in [2.45, 2.75) is 12.8 Å². The van der Waals surface area contributed by atoms with Crippen LogP contribution >= 0.6 is 11.8 Å². The Hall–Kier alpha value is -3.03. The summed E-state index contributed by atoms with van der Waals surface area (Å²) in [7, 11) is 3.14. The third-order valence-electron chi connectivity index (χ3n) is 4.66. The Bertz CT molecular complexity index is 1000. The molecule has 0 spiro atoms. The Morgan fingerprint density at radius 1 is 1.23 bits per heavy atom. The second kappa shape index (κ2) is 10.8. The van der Waals surface area contributed by atoms with Crippen LogP contribution in [0.5, 0.6) is 11.5 Å². The summed E-state index contributed by atoms with van der Waals surface area (Å²) in [5.41, 5.74) is 2.24. The fraction of sp³-hybridized carbons (Fsp3) is 0.250. The summed E-state index contributed by atoms with van der Waals surface area (Å²) in [6.45, 7) is 4.81. The number of allylic oxidation sites excluding steroid dienone is 1. The minimum absolute atomic E-state index is 0.0856. The zero-order valence-corrected chi connectivity index (χ0v) is 18.5. The average molecular weight is 439 g/mol. The molecule has 0 unspecified atom stereocenters. The van der Waals surface area contributed by atoms with Crippen molar-refractivity contribution < 1.29 is 19.4 Å². The third kappa shape index (κ3) is 5.57. The minimum atomic E-state index is -0.104. The highest BCUT2D eigenvalue weighted by atomic mass is 32.2. The van der Waals surface area contributed by atoms with Crippen LogP contribution in [-0.2, 0) is 16.0 Å². The van der Waals surface area contributed by atoms with E-state index in [1.165, 1.54) is 18.9 Å². The number of thioether (sulfide) groups is 1. The van der Waals surface area contributed by atoms with Crippen molar-refractivity contribution in [2.75, 3.05) is 27.4 Å². The van der Waals surface area contributed by atoms with Crippen molar-refractivity contribution in [1.29, 1.82) is 0 Å². The number of rotatable bonds is 9. The first-order valence-electron chi connectivity index (χ1n) is 9.92. The maximum absolute atomic E-state index is 13.2. The second-order valence-corrected chi connectivity index (χ2v) is 7.88. The van der Waals surface area contributed by atoms with Gasteiger partial charge in [0.15, 0.2) is 16.7 Å². The molecule has 0 aliphatic carbocycles. The van der Waals surface area contributed by atoms with Gasteiger partial charge in [-0.15, -0.1) is 6.58 Å². The van der Waals surface area contributed by atoms with Gasteiger partial charge in [0, 0.05) is 25.8 Å². The van der Waals surface area contributed by atoms with Gasteiger partial charge in [-0.2, -0.15) is 0 Å². The number of carbonyl (C=O) groups is 1. The van der Waals surface area contributed by atoms with E-state index >= 15 is 0 Å². The van der Waals surface area contributed by atoms with Crippen molar-refractivity contribution in [3.8, 4) is 11.5 Å². The first-order chi connectivity index (χ1) is 15.1. The normalized spacial score (nSPS) is 16.3. The quantitative estimate of drug-likeness (QED) is 0.347. The van der Waals surface area contributed by atoms with Crippen molar-refractivity contribution in [1.82, 2.24) is 4.90 Å². The summed E-state index contributed by atoms with van der Waals surface area (Å²) in [6, 6.07) is 13.1. The standard InChI is InChI=1S/C24H26N2O4S/c1-4-9-18-14-17(15-20(30-3)22(18)27)16-21-23(28)26(12-8-13-29-2)24(31-21)25-19-10-6-5-7-11-19/h4-7,10-11,14-16,27H,1,8-9,12-13H2,2-3H3/b21-16-,25-24?. The Labute approximate surface area is 186 Å². The van der Waals surface area contributed by atoms with Crippen LogP contribution in [0.2, 0.25) is 0 Å². The summed E-state index contributed by atoms with van der Waals surface area (Å²) in [5.74, 6) is 0.340. The molecule has 1 N–H and O–H groups in total. The lowest BCUT2D eigenvalue weighted by molar-refractivity contribution is -0.122. The maximum atomic E-state index is 13.2.